The number of alkyl halides is 3. The van der Waals surface area contributed by atoms with Gasteiger partial charge in [0.05, 0.1) is 5.56 Å². The van der Waals surface area contributed by atoms with Crippen molar-refractivity contribution in [3.05, 3.63) is 34.9 Å². The van der Waals surface area contributed by atoms with Crippen molar-refractivity contribution < 1.29 is 32.7 Å². The summed E-state index contributed by atoms with van der Waals surface area (Å²) in [6.07, 6.45) is -4.96. The Balaban J connectivity index is 1.98. The number of hydrogen-bond donors (Lipinski definition) is 2. The first-order valence-electron chi connectivity index (χ1n) is 6.20. The van der Waals surface area contributed by atoms with Gasteiger partial charge in [-0.2, -0.15) is 13.2 Å². The molecule has 0 fully saturated rings. The van der Waals surface area contributed by atoms with Crippen molar-refractivity contribution in [2.24, 2.45) is 0 Å². The fourth-order valence-electron chi connectivity index (χ4n) is 2.08. The monoisotopic (exact) mass is 316 g/mol. The van der Waals surface area contributed by atoms with E-state index < -0.39 is 24.0 Å². The van der Waals surface area contributed by atoms with Crippen molar-refractivity contribution >= 4 is 17.8 Å². The largest absolute Gasteiger partial charge is 0.478 e. The summed E-state index contributed by atoms with van der Waals surface area (Å²) in [5, 5.41) is 10.5. The summed E-state index contributed by atoms with van der Waals surface area (Å²) >= 11 is 0. The van der Waals surface area contributed by atoms with Gasteiger partial charge in [-0.25, -0.2) is 4.79 Å². The molecule has 1 aromatic rings. The zero-order valence-corrected chi connectivity index (χ0v) is 11.1. The summed E-state index contributed by atoms with van der Waals surface area (Å²) in [5.41, 5.74) is 0.763. The highest BCUT2D eigenvalue weighted by Gasteiger charge is 2.38. The molecule has 0 spiro atoms. The van der Waals surface area contributed by atoms with Crippen molar-refractivity contribution in [3.8, 4) is 0 Å². The van der Waals surface area contributed by atoms with E-state index in [0.29, 0.717) is 5.56 Å². The Hall–Kier alpha value is -2.58. The van der Waals surface area contributed by atoms with Gasteiger partial charge in [0, 0.05) is 25.2 Å². The van der Waals surface area contributed by atoms with Crippen LogP contribution in [0.15, 0.2) is 18.2 Å². The number of carbonyl (C=O) groups excluding carboxylic acids is 2. The molecule has 0 unspecified atom stereocenters. The second kappa shape index (κ2) is 5.66. The first kappa shape index (κ1) is 15.8. The van der Waals surface area contributed by atoms with Crippen LogP contribution < -0.4 is 5.32 Å². The molecule has 0 bridgehead atoms. The summed E-state index contributed by atoms with van der Waals surface area (Å²) in [5.74, 6) is -3.71. The molecule has 22 heavy (non-hydrogen) atoms. The van der Waals surface area contributed by atoms with Gasteiger partial charge in [-0.1, -0.05) is 6.07 Å². The highest BCUT2D eigenvalue weighted by molar-refractivity contribution is 6.00. The Kier molecular flexibility index (Phi) is 4.07. The van der Waals surface area contributed by atoms with Crippen molar-refractivity contribution in [2.75, 3.05) is 13.1 Å². The lowest BCUT2D eigenvalue weighted by atomic mass is 10.1. The molecular weight excluding hydrogens is 305 g/mol. The molecule has 9 heteroatoms. The number of hydrogen-bond acceptors (Lipinski definition) is 3. The third kappa shape index (κ3) is 3.18. The molecule has 1 aliphatic rings. The highest BCUT2D eigenvalue weighted by atomic mass is 19.4. The lowest BCUT2D eigenvalue weighted by Crippen LogP contribution is -2.41. The third-order valence-corrected chi connectivity index (χ3v) is 3.16. The van der Waals surface area contributed by atoms with Crippen LogP contribution in [0.25, 0.3) is 0 Å². The summed E-state index contributed by atoms with van der Waals surface area (Å²) < 4.78 is 36.0. The van der Waals surface area contributed by atoms with Crippen LogP contribution in [0.1, 0.15) is 26.3 Å². The molecule has 2 rings (SSSR count). The lowest BCUT2D eigenvalue weighted by Gasteiger charge is -2.16. The molecule has 118 valence electrons. The predicted molar refractivity (Wildman–Crippen MR) is 67.2 cm³/mol. The average Bonchev–Trinajstić information content (AvgIpc) is 2.74. The van der Waals surface area contributed by atoms with E-state index in [9.17, 15) is 27.6 Å². The molecule has 0 aromatic heterocycles. The lowest BCUT2D eigenvalue weighted by molar-refractivity contribution is -0.173. The van der Waals surface area contributed by atoms with Crippen LogP contribution in [0, 0.1) is 0 Å². The van der Waals surface area contributed by atoms with E-state index >= 15 is 0 Å². The van der Waals surface area contributed by atoms with Crippen LogP contribution >= 0.6 is 0 Å². The number of aromatic carboxylic acids is 1. The molecular formula is C13H11F3N2O4. The maximum absolute atomic E-state index is 12.0. The summed E-state index contributed by atoms with van der Waals surface area (Å²) in [6, 6.07) is 4.07. The summed E-state index contributed by atoms with van der Waals surface area (Å²) in [4.78, 5) is 34.8. The Bertz CT molecular complexity index is 643. The van der Waals surface area contributed by atoms with Crippen LogP contribution in [0.5, 0.6) is 0 Å². The zero-order chi connectivity index (χ0) is 16.5. The molecule has 1 heterocycles. The Morgan fingerprint density at radius 3 is 2.59 bits per heavy atom. The predicted octanol–water partition coefficient (Wildman–Crippen LogP) is 1.02. The van der Waals surface area contributed by atoms with E-state index in [1.165, 1.54) is 23.1 Å². The molecule has 0 saturated heterocycles. The first-order valence-corrected chi connectivity index (χ1v) is 6.20. The van der Waals surface area contributed by atoms with Gasteiger partial charge >= 0.3 is 18.1 Å². The number of carboxylic acid groups (broad SMARTS) is 1. The number of halogens is 3. The molecule has 6 nitrogen and oxygen atoms in total. The van der Waals surface area contributed by atoms with E-state index in [1.807, 2.05) is 0 Å². The smallest absolute Gasteiger partial charge is 0.471 e. The van der Waals surface area contributed by atoms with Crippen molar-refractivity contribution in [2.45, 2.75) is 12.7 Å². The number of nitrogens with zero attached hydrogens (tertiary/aromatic N) is 1. The van der Waals surface area contributed by atoms with Gasteiger partial charge in [-0.05, 0) is 17.7 Å². The van der Waals surface area contributed by atoms with Gasteiger partial charge in [-0.3, -0.25) is 9.59 Å². The van der Waals surface area contributed by atoms with Crippen molar-refractivity contribution in [3.63, 3.8) is 0 Å². The number of rotatable bonds is 4. The standard InChI is InChI=1S/C13H11F3N2O4/c14-13(15,16)12(22)17-3-4-18-6-8-2-1-7(11(20)21)5-9(8)10(18)19/h1-2,5H,3-4,6H2,(H,17,22)(H,20,21). The number of carbonyl (C=O) groups is 3. The molecule has 0 aliphatic carbocycles. The van der Waals surface area contributed by atoms with Gasteiger partial charge in [0.2, 0.25) is 0 Å². The molecule has 0 saturated carbocycles. The van der Waals surface area contributed by atoms with Crippen LogP contribution in [-0.4, -0.2) is 47.1 Å². The molecule has 0 radical (unpaired) electrons. The minimum atomic E-state index is -4.96. The van der Waals surface area contributed by atoms with E-state index in [-0.39, 0.29) is 30.8 Å². The van der Waals surface area contributed by atoms with Crippen molar-refractivity contribution in [1.82, 2.24) is 10.2 Å². The summed E-state index contributed by atoms with van der Waals surface area (Å²) in [7, 11) is 0. The normalized spacial score (nSPS) is 14.0. The SMILES string of the molecule is O=C(O)c1ccc2c(c1)C(=O)N(CCNC(=O)C(F)(F)F)C2. The van der Waals surface area contributed by atoms with E-state index in [4.69, 9.17) is 5.11 Å². The molecule has 2 amide bonds. The van der Waals surface area contributed by atoms with Crippen LogP contribution in [0.3, 0.4) is 0 Å². The first-order chi connectivity index (χ1) is 10.2. The van der Waals surface area contributed by atoms with Gasteiger partial charge in [-0.15, -0.1) is 0 Å². The quantitative estimate of drug-likeness (QED) is 0.868. The number of carboxylic acids is 1. The minimum absolute atomic E-state index is 0.0423. The Morgan fingerprint density at radius 1 is 1.32 bits per heavy atom. The molecule has 2 N–H and O–H groups in total. The van der Waals surface area contributed by atoms with Gasteiger partial charge in [0.1, 0.15) is 0 Å². The zero-order valence-electron chi connectivity index (χ0n) is 11.1. The minimum Gasteiger partial charge on any atom is -0.478 e. The topological polar surface area (TPSA) is 86.7 Å². The Labute approximate surface area is 122 Å². The van der Waals surface area contributed by atoms with Gasteiger partial charge < -0.3 is 15.3 Å². The number of fused-ring (bicyclic) bond motifs is 1. The fraction of sp³-hybridized carbons (Fsp3) is 0.308. The van der Waals surface area contributed by atoms with E-state index in [1.54, 1.807) is 5.32 Å². The number of benzene rings is 1. The van der Waals surface area contributed by atoms with Gasteiger partial charge in [0.25, 0.3) is 5.91 Å². The maximum atomic E-state index is 12.0. The maximum Gasteiger partial charge on any atom is 0.471 e. The molecule has 1 aliphatic heterocycles. The third-order valence-electron chi connectivity index (χ3n) is 3.16. The second-order valence-corrected chi connectivity index (χ2v) is 4.66. The second-order valence-electron chi connectivity index (χ2n) is 4.66. The number of nitrogens with one attached hydrogen (secondary N) is 1. The van der Waals surface area contributed by atoms with Crippen LogP contribution in [-0.2, 0) is 11.3 Å². The summed E-state index contributed by atoms with van der Waals surface area (Å²) in [6.45, 7) is -0.280. The molecule has 1 aromatic carbocycles. The van der Waals surface area contributed by atoms with Gasteiger partial charge in [0.15, 0.2) is 0 Å². The van der Waals surface area contributed by atoms with E-state index in [2.05, 4.69) is 0 Å². The Morgan fingerprint density at radius 2 is 2.00 bits per heavy atom. The number of amides is 2. The van der Waals surface area contributed by atoms with Crippen LogP contribution in [0.4, 0.5) is 13.2 Å². The average molecular weight is 316 g/mol. The molecule has 0 atom stereocenters. The van der Waals surface area contributed by atoms with E-state index in [0.717, 1.165) is 0 Å². The fourth-order valence-corrected chi connectivity index (χ4v) is 2.08. The van der Waals surface area contributed by atoms with Crippen molar-refractivity contribution in [1.29, 1.82) is 0 Å². The van der Waals surface area contributed by atoms with Crippen LogP contribution in [0.2, 0.25) is 0 Å². The highest BCUT2D eigenvalue weighted by Crippen LogP contribution is 2.23.